The van der Waals surface area contributed by atoms with E-state index in [4.69, 9.17) is 5.73 Å². The topological polar surface area (TPSA) is 96.7 Å². The van der Waals surface area contributed by atoms with Crippen molar-refractivity contribution in [2.24, 2.45) is 5.73 Å². The molecule has 0 aliphatic heterocycles. The van der Waals surface area contributed by atoms with Crippen molar-refractivity contribution in [1.82, 2.24) is 20.5 Å². The molecule has 0 aliphatic rings. The van der Waals surface area contributed by atoms with Crippen LogP contribution in [-0.4, -0.2) is 33.2 Å². The van der Waals surface area contributed by atoms with Crippen LogP contribution in [0, 0.1) is 0 Å². The Labute approximate surface area is 75.9 Å². The number of hydrogen-bond donors (Lipinski definition) is 3. The van der Waals surface area contributed by atoms with Crippen molar-refractivity contribution < 1.29 is 4.79 Å². The zero-order valence-corrected chi connectivity index (χ0v) is 7.66. The van der Waals surface area contributed by atoms with E-state index in [1.54, 1.807) is 0 Å². The second-order valence-corrected chi connectivity index (χ2v) is 3.38. The van der Waals surface area contributed by atoms with Crippen LogP contribution in [0.3, 0.4) is 0 Å². The minimum Gasteiger partial charge on any atom is -0.343 e. The van der Waals surface area contributed by atoms with Crippen LogP contribution in [0.25, 0.3) is 0 Å². The zero-order valence-electron chi connectivity index (χ0n) is 7.66. The molecule has 1 rings (SSSR count). The molecule has 1 aromatic heterocycles. The Morgan fingerprint density at radius 3 is 2.92 bits per heavy atom. The number of rotatable bonds is 3. The summed E-state index contributed by atoms with van der Waals surface area (Å²) in [6, 6.07) is 0. The van der Waals surface area contributed by atoms with Crippen LogP contribution in [0.1, 0.15) is 24.5 Å². The lowest BCUT2D eigenvalue weighted by molar-refractivity contribution is 0.0905. The van der Waals surface area contributed by atoms with Gasteiger partial charge in [0, 0.05) is 12.1 Å². The number of carbonyl (C=O) groups is 1. The average molecular weight is 183 g/mol. The molecular formula is C7H13N5O. The third kappa shape index (κ3) is 2.51. The molecule has 4 N–H and O–H groups in total. The Balaban J connectivity index is 2.61. The summed E-state index contributed by atoms with van der Waals surface area (Å²) in [6.07, 6.45) is 1.28. The number of hydrogen-bond acceptors (Lipinski definition) is 4. The number of nitrogens with zero attached hydrogens (tertiary/aromatic N) is 2. The SMILES string of the molecule is CC(C)(CN)NC(=O)c1ncn[nH]1. The monoisotopic (exact) mass is 183 g/mol. The molecule has 72 valence electrons. The summed E-state index contributed by atoms with van der Waals surface area (Å²) in [5.74, 6) is -0.102. The van der Waals surface area contributed by atoms with Crippen molar-refractivity contribution in [2.75, 3.05) is 6.54 Å². The molecular weight excluding hydrogens is 170 g/mol. The predicted molar refractivity (Wildman–Crippen MR) is 47.0 cm³/mol. The van der Waals surface area contributed by atoms with E-state index in [0.717, 1.165) is 0 Å². The van der Waals surface area contributed by atoms with Gasteiger partial charge in [0.1, 0.15) is 6.33 Å². The van der Waals surface area contributed by atoms with Crippen LogP contribution in [0.5, 0.6) is 0 Å². The summed E-state index contributed by atoms with van der Waals surface area (Å²) in [5, 5.41) is 8.75. The van der Waals surface area contributed by atoms with Crippen LogP contribution in [-0.2, 0) is 0 Å². The zero-order chi connectivity index (χ0) is 9.90. The Hall–Kier alpha value is -1.43. The van der Waals surface area contributed by atoms with Crippen molar-refractivity contribution in [3.05, 3.63) is 12.2 Å². The smallest absolute Gasteiger partial charge is 0.289 e. The van der Waals surface area contributed by atoms with Crippen LogP contribution in [0.2, 0.25) is 0 Å². The lowest BCUT2D eigenvalue weighted by Crippen LogP contribution is -2.49. The molecule has 0 spiro atoms. The van der Waals surface area contributed by atoms with Crippen molar-refractivity contribution in [3.8, 4) is 0 Å². The van der Waals surface area contributed by atoms with E-state index in [2.05, 4.69) is 20.5 Å². The number of nitrogens with one attached hydrogen (secondary N) is 2. The molecule has 6 nitrogen and oxygen atoms in total. The van der Waals surface area contributed by atoms with Crippen molar-refractivity contribution in [2.45, 2.75) is 19.4 Å². The summed E-state index contributed by atoms with van der Waals surface area (Å²) >= 11 is 0. The van der Waals surface area contributed by atoms with Gasteiger partial charge in [-0.3, -0.25) is 9.89 Å². The lowest BCUT2D eigenvalue weighted by atomic mass is 10.1. The minimum absolute atomic E-state index is 0.196. The first kappa shape index (κ1) is 9.66. The molecule has 0 unspecified atom stereocenters. The van der Waals surface area contributed by atoms with Gasteiger partial charge in [-0.1, -0.05) is 0 Å². The summed E-state index contributed by atoms with van der Waals surface area (Å²) in [7, 11) is 0. The lowest BCUT2D eigenvalue weighted by Gasteiger charge is -2.23. The number of aromatic nitrogens is 3. The van der Waals surface area contributed by atoms with Gasteiger partial charge >= 0.3 is 0 Å². The van der Waals surface area contributed by atoms with Gasteiger partial charge in [-0.05, 0) is 13.8 Å². The van der Waals surface area contributed by atoms with Crippen LogP contribution < -0.4 is 11.1 Å². The second kappa shape index (κ2) is 3.53. The summed E-state index contributed by atoms with van der Waals surface area (Å²) in [4.78, 5) is 15.1. The first-order chi connectivity index (χ1) is 6.05. The van der Waals surface area contributed by atoms with Gasteiger partial charge < -0.3 is 11.1 Å². The van der Waals surface area contributed by atoms with E-state index in [9.17, 15) is 4.79 Å². The largest absolute Gasteiger partial charge is 0.343 e. The highest BCUT2D eigenvalue weighted by atomic mass is 16.2. The van der Waals surface area contributed by atoms with E-state index < -0.39 is 5.54 Å². The van der Waals surface area contributed by atoms with E-state index >= 15 is 0 Å². The van der Waals surface area contributed by atoms with Gasteiger partial charge in [-0.25, -0.2) is 4.98 Å². The molecule has 13 heavy (non-hydrogen) atoms. The van der Waals surface area contributed by atoms with E-state index in [1.807, 2.05) is 13.8 Å². The van der Waals surface area contributed by atoms with Gasteiger partial charge in [0.25, 0.3) is 5.91 Å². The fourth-order valence-electron chi connectivity index (χ4n) is 0.732. The third-order valence-electron chi connectivity index (χ3n) is 1.59. The fraction of sp³-hybridized carbons (Fsp3) is 0.571. The first-order valence-electron chi connectivity index (χ1n) is 3.93. The molecule has 6 heteroatoms. The van der Waals surface area contributed by atoms with E-state index in [1.165, 1.54) is 6.33 Å². The molecule has 0 saturated heterocycles. The van der Waals surface area contributed by atoms with Gasteiger partial charge in [0.2, 0.25) is 5.82 Å². The average Bonchev–Trinajstić information content (AvgIpc) is 2.55. The van der Waals surface area contributed by atoms with Gasteiger partial charge in [0.15, 0.2) is 0 Å². The van der Waals surface area contributed by atoms with Crippen molar-refractivity contribution in [1.29, 1.82) is 0 Å². The molecule has 0 aromatic carbocycles. The third-order valence-corrected chi connectivity index (χ3v) is 1.59. The predicted octanol–water partition coefficient (Wildman–Crippen LogP) is -0.728. The first-order valence-corrected chi connectivity index (χ1v) is 3.93. The molecule has 1 heterocycles. The number of H-pyrrole nitrogens is 1. The number of amides is 1. The minimum atomic E-state index is -0.427. The molecule has 0 aliphatic carbocycles. The summed E-state index contributed by atoms with van der Waals surface area (Å²) in [5.41, 5.74) is 5.02. The maximum absolute atomic E-state index is 11.4. The van der Waals surface area contributed by atoms with Gasteiger partial charge in [0.05, 0.1) is 0 Å². The summed E-state index contributed by atoms with van der Waals surface area (Å²) in [6.45, 7) is 4.04. The molecule has 0 fully saturated rings. The van der Waals surface area contributed by atoms with E-state index in [0.29, 0.717) is 6.54 Å². The molecule has 0 saturated carbocycles. The summed E-state index contributed by atoms with van der Waals surface area (Å²) < 4.78 is 0. The quantitative estimate of drug-likeness (QED) is 0.575. The highest BCUT2D eigenvalue weighted by Crippen LogP contribution is 1.99. The van der Waals surface area contributed by atoms with Crippen LogP contribution in [0.15, 0.2) is 6.33 Å². The maximum atomic E-state index is 11.4. The highest BCUT2D eigenvalue weighted by molar-refractivity contribution is 5.90. The Morgan fingerprint density at radius 1 is 1.77 bits per heavy atom. The Bertz CT molecular complexity index is 279. The highest BCUT2D eigenvalue weighted by Gasteiger charge is 2.20. The van der Waals surface area contributed by atoms with Gasteiger partial charge in [-0.2, -0.15) is 5.10 Å². The molecule has 0 radical (unpaired) electrons. The van der Waals surface area contributed by atoms with E-state index in [-0.39, 0.29) is 11.7 Å². The molecule has 0 bridgehead atoms. The Kier molecular flexibility index (Phi) is 2.62. The normalized spacial score (nSPS) is 11.3. The van der Waals surface area contributed by atoms with Crippen molar-refractivity contribution in [3.63, 3.8) is 0 Å². The van der Waals surface area contributed by atoms with Crippen molar-refractivity contribution >= 4 is 5.91 Å². The second-order valence-electron chi connectivity index (χ2n) is 3.38. The molecule has 1 aromatic rings. The standard InChI is InChI=1S/C7H13N5O/c1-7(2,3-8)11-6(13)5-9-4-10-12-5/h4H,3,8H2,1-2H3,(H,11,13)(H,9,10,12). The molecule has 0 atom stereocenters. The van der Waals surface area contributed by atoms with Crippen LogP contribution >= 0.6 is 0 Å². The number of nitrogens with two attached hydrogens (primary N) is 1. The Morgan fingerprint density at radius 2 is 2.46 bits per heavy atom. The van der Waals surface area contributed by atoms with Crippen LogP contribution in [0.4, 0.5) is 0 Å². The number of aromatic amines is 1. The number of carbonyl (C=O) groups excluding carboxylic acids is 1. The maximum Gasteiger partial charge on any atom is 0.289 e. The fourth-order valence-corrected chi connectivity index (χ4v) is 0.732. The van der Waals surface area contributed by atoms with Gasteiger partial charge in [-0.15, -0.1) is 0 Å². The molecule has 1 amide bonds.